The molecule has 0 amide bonds. The molecule has 1 saturated heterocycles. The van der Waals surface area contributed by atoms with E-state index in [4.69, 9.17) is 5.11 Å². The fraction of sp³-hybridized carbons (Fsp3) is 0.192. The van der Waals surface area contributed by atoms with E-state index < -0.39 is 16.0 Å². The third kappa shape index (κ3) is 5.39. The maximum Gasteiger partial charge on any atom is 0.328 e. The molecular weight excluding hydrogens is 436 g/mol. The molecule has 1 aliphatic heterocycles. The second-order valence-corrected chi connectivity index (χ2v) is 9.85. The predicted molar refractivity (Wildman–Crippen MR) is 128 cm³/mol. The van der Waals surface area contributed by atoms with E-state index in [0.29, 0.717) is 31.7 Å². The summed E-state index contributed by atoms with van der Waals surface area (Å²) < 4.78 is 28.0. The number of aliphatic carboxylic acids is 1. The molecule has 7 heteroatoms. The zero-order valence-electron chi connectivity index (χ0n) is 18.1. The second kappa shape index (κ2) is 10.1. The highest BCUT2D eigenvalue weighted by Gasteiger charge is 2.32. The highest BCUT2D eigenvalue weighted by atomic mass is 32.2. The summed E-state index contributed by atoms with van der Waals surface area (Å²) in [7, 11) is -3.68. The van der Waals surface area contributed by atoms with Crippen LogP contribution in [0, 0.1) is 0 Å². The van der Waals surface area contributed by atoms with Crippen LogP contribution in [0.4, 0.5) is 0 Å². The second-order valence-electron chi connectivity index (χ2n) is 7.91. The van der Waals surface area contributed by atoms with E-state index in [2.05, 4.69) is 29.2 Å². The molecule has 0 saturated carbocycles. The van der Waals surface area contributed by atoms with Gasteiger partial charge in [0.1, 0.15) is 0 Å². The van der Waals surface area contributed by atoms with Crippen LogP contribution in [-0.4, -0.2) is 54.9 Å². The number of carbonyl (C=O) groups is 1. The number of hydrogen-bond acceptors (Lipinski definition) is 4. The van der Waals surface area contributed by atoms with Gasteiger partial charge in [-0.25, -0.2) is 13.2 Å². The maximum atomic E-state index is 13.3. The van der Waals surface area contributed by atoms with Crippen molar-refractivity contribution in [3.05, 3.63) is 108 Å². The lowest BCUT2D eigenvalue weighted by atomic mass is 9.96. The summed E-state index contributed by atoms with van der Waals surface area (Å²) in [5.41, 5.74) is 2.89. The third-order valence-corrected chi connectivity index (χ3v) is 7.68. The molecule has 3 aromatic rings. The summed E-state index contributed by atoms with van der Waals surface area (Å²) in [6.45, 7) is 1.97. The van der Waals surface area contributed by atoms with Crippen LogP contribution in [0.1, 0.15) is 22.7 Å². The molecule has 33 heavy (non-hydrogen) atoms. The van der Waals surface area contributed by atoms with Crippen molar-refractivity contribution in [1.82, 2.24) is 9.21 Å². The van der Waals surface area contributed by atoms with Gasteiger partial charge in [-0.15, -0.1) is 0 Å². The van der Waals surface area contributed by atoms with Crippen molar-refractivity contribution >= 4 is 22.1 Å². The molecule has 1 aliphatic rings. The van der Waals surface area contributed by atoms with Gasteiger partial charge in [0.2, 0.25) is 10.0 Å². The first-order valence-electron chi connectivity index (χ1n) is 10.8. The Kier molecular flexibility index (Phi) is 7.03. The summed E-state index contributed by atoms with van der Waals surface area (Å²) in [4.78, 5) is 13.3. The highest BCUT2D eigenvalue weighted by Crippen LogP contribution is 2.30. The van der Waals surface area contributed by atoms with E-state index in [1.165, 1.54) is 27.6 Å². The Bertz CT molecular complexity index is 1180. The summed E-state index contributed by atoms with van der Waals surface area (Å²) >= 11 is 0. The molecule has 0 aliphatic carbocycles. The molecule has 1 fully saturated rings. The fourth-order valence-electron chi connectivity index (χ4n) is 4.18. The first-order valence-corrected chi connectivity index (χ1v) is 12.2. The van der Waals surface area contributed by atoms with Crippen molar-refractivity contribution in [3.63, 3.8) is 0 Å². The summed E-state index contributed by atoms with van der Waals surface area (Å²) in [5.74, 6) is -1.08. The lowest BCUT2D eigenvalue weighted by molar-refractivity contribution is -0.131. The Hall–Kier alpha value is -3.26. The number of carboxylic acids is 1. The van der Waals surface area contributed by atoms with E-state index >= 15 is 0 Å². The molecule has 0 spiro atoms. The minimum atomic E-state index is -3.68. The van der Waals surface area contributed by atoms with Gasteiger partial charge < -0.3 is 5.11 Å². The fourth-order valence-corrected chi connectivity index (χ4v) is 5.66. The average molecular weight is 463 g/mol. The van der Waals surface area contributed by atoms with Crippen LogP contribution in [0.5, 0.6) is 0 Å². The Balaban J connectivity index is 1.53. The quantitative estimate of drug-likeness (QED) is 0.539. The third-order valence-electron chi connectivity index (χ3n) is 5.78. The van der Waals surface area contributed by atoms with Crippen LogP contribution in [0.25, 0.3) is 6.08 Å². The van der Waals surface area contributed by atoms with E-state index in [9.17, 15) is 13.2 Å². The number of nitrogens with zero attached hydrogens (tertiary/aromatic N) is 2. The first kappa shape index (κ1) is 22.9. The number of rotatable bonds is 7. The van der Waals surface area contributed by atoms with Crippen molar-refractivity contribution in [2.75, 3.05) is 26.2 Å². The van der Waals surface area contributed by atoms with E-state index in [1.807, 2.05) is 36.4 Å². The van der Waals surface area contributed by atoms with Gasteiger partial charge in [0.05, 0.1) is 10.9 Å². The largest absolute Gasteiger partial charge is 0.478 e. The minimum absolute atomic E-state index is 0.0572. The zero-order chi connectivity index (χ0) is 23.3. The zero-order valence-corrected chi connectivity index (χ0v) is 18.9. The van der Waals surface area contributed by atoms with Crippen LogP contribution >= 0.6 is 0 Å². The van der Waals surface area contributed by atoms with Gasteiger partial charge in [0, 0.05) is 32.3 Å². The lowest BCUT2D eigenvalue weighted by Crippen LogP contribution is -2.49. The van der Waals surface area contributed by atoms with Gasteiger partial charge in [-0.1, -0.05) is 72.8 Å². The maximum absolute atomic E-state index is 13.3. The normalized spacial score (nSPS) is 15.8. The Morgan fingerprint density at radius 2 is 1.39 bits per heavy atom. The smallest absolute Gasteiger partial charge is 0.328 e. The molecule has 0 unspecified atom stereocenters. The van der Waals surface area contributed by atoms with Crippen LogP contribution in [-0.2, 0) is 14.8 Å². The molecule has 0 bridgehead atoms. The Morgan fingerprint density at radius 3 is 1.94 bits per heavy atom. The molecule has 3 aromatic carbocycles. The SMILES string of the molecule is O=C(O)/C=C/c1cccc(S(=O)(=O)N2CCN(C(c3ccccc3)c3ccccc3)CC2)c1. The van der Waals surface area contributed by atoms with E-state index in [-0.39, 0.29) is 10.9 Å². The molecule has 0 radical (unpaired) electrons. The van der Waals surface area contributed by atoms with Crippen molar-refractivity contribution in [2.24, 2.45) is 0 Å². The number of benzene rings is 3. The summed E-state index contributed by atoms with van der Waals surface area (Å²) in [6, 6.07) is 27.0. The standard InChI is InChI=1S/C26H26N2O4S/c29-25(30)15-14-21-8-7-13-24(20-21)33(31,32)28-18-16-27(17-19-28)26(22-9-3-1-4-10-22)23-11-5-2-6-12-23/h1-15,20,26H,16-19H2,(H,29,30)/b15-14+. The predicted octanol–water partition coefficient (Wildman–Crippen LogP) is 3.88. The van der Waals surface area contributed by atoms with Gasteiger partial charge >= 0.3 is 5.97 Å². The lowest BCUT2D eigenvalue weighted by Gasteiger charge is -2.39. The molecule has 0 atom stereocenters. The van der Waals surface area contributed by atoms with Gasteiger partial charge in [-0.2, -0.15) is 4.31 Å². The van der Waals surface area contributed by atoms with Gasteiger partial charge in [-0.05, 0) is 34.9 Å². The van der Waals surface area contributed by atoms with Gasteiger partial charge in [0.25, 0.3) is 0 Å². The summed E-state index contributed by atoms with van der Waals surface area (Å²) in [5, 5.41) is 8.82. The molecule has 1 N–H and O–H groups in total. The summed E-state index contributed by atoms with van der Waals surface area (Å²) in [6.07, 6.45) is 2.39. The van der Waals surface area contributed by atoms with Crippen LogP contribution < -0.4 is 0 Å². The molecule has 1 heterocycles. The van der Waals surface area contributed by atoms with Crippen LogP contribution in [0.15, 0.2) is 95.9 Å². The van der Waals surface area contributed by atoms with E-state index in [0.717, 1.165) is 6.08 Å². The van der Waals surface area contributed by atoms with Gasteiger partial charge in [-0.3, -0.25) is 4.90 Å². The number of hydrogen-bond donors (Lipinski definition) is 1. The number of piperazine rings is 1. The molecule has 170 valence electrons. The molecule has 0 aromatic heterocycles. The first-order chi connectivity index (χ1) is 15.9. The Morgan fingerprint density at radius 1 is 0.818 bits per heavy atom. The minimum Gasteiger partial charge on any atom is -0.478 e. The topological polar surface area (TPSA) is 77.9 Å². The molecule has 4 rings (SSSR count). The van der Waals surface area contributed by atoms with Crippen LogP contribution in [0.3, 0.4) is 0 Å². The average Bonchev–Trinajstić information content (AvgIpc) is 2.85. The number of carboxylic acid groups (broad SMARTS) is 1. The monoisotopic (exact) mass is 462 g/mol. The van der Waals surface area contributed by atoms with Crippen molar-refractivity contribution in [3.8, 4) is 0 Å². The number of sulfonamides is 1. The molecule has 6 nitrogen and oxygen atoms in total. The highest BCUT2D eigenvalue weighted by molar-refractivity contribution is 7.89. The Labute approximate surface area is 194 Å². The van der Waals surface area contributed by atoms with Crippen molar-refractivity contribution < 1.29 is 18.3 Å². The van der Waals surface area contributed by atoms with E-state index in [1.54, 1.807) is 18.2 Å². The van der Waals surface area contributed by atoms with Crippen LogP contribution in [0.2, 0.25) is 0 Å². The molecular formula is C26H26N2O4S. The van der Waals surface area contributed by atoms with Crippen molar-refractivity contribution in [1.29, 1.82) is 0 Å². The van der Waals surface area contributed by atoms with Crippen molar-refractivity contribution in [2.45, 2.75) is 10.9 Å². The van der Waals surface area contributed by atoms with Gasteiger partial charge in [0.15, 0.2) is 0 Å².